The van der Waals surface area contributed by atoms with Crippen LogP contribution in [0.1, 0.15) is 48.3 Å². The average molecular weight is 491 g/mol. The van der Waals surface area contributed by atoms with E-state index in [-0.39, 0.29) is 9.47 Å². The highest BCUT2D eigenvalue weighted by molar-refractivity contribution is 7.91. The molecule has 0 aliphatic heterocycles. The number of benzene rings is 2. The SMILES string of the molecule is CCOc1ccc(C(C)NS(=O)(=O)c2nnc(NC(=O)c3cccc(C)c3)s2)cc1OCC. The Morgan fingerprint density at radius 3 is 2.48 bits per heavy atom. The monoisotopic (exact) mass is 490 g/mol. The van der Waals surface area contributed by atoms with Crippen LogP contribution in [0.2, 0.25) is 0 Å². The molecule has 3 rings (SSSR count). The van der Waals surface area contributed by atoms with Crippen molar-refractivity contribution in [2.24, 2.45) is 0 Å². The molecule has 1 aromatic heterocycles. The number of sulfonamides is 1. The van der Waals surface area contributed by atoms with Gasteiger partial charge in [0.15, 0.2) is 11.5 Å². The molecule has 2 aromatic carbocycles. The zero-order valence-corrected chi connectivity index (χ0v) is 20.4. The van der Waals surface area contributed by atoms with Crippen LogP contribution in [-0.4, -0.2) is 37.7 Å². The highest BCUT2D eigenvalue weighted by Gasteiger charge is 2.24. The number of hydrogen-bond acceptors (Lipinski definition) is 8. The summed E-state index contributed by atoms with van der Waals surface area (Å²) in [5.74, 6) is 0.745. The number of aromatic nitrogens is 2. The largest absolute Gasteiger partial charge is 0.490 e. The molecule has 176 valence electrons. The fraction of sp³-hybridized carbons (Fsp3) is 0.318. The molecule has 2 N–H and O–H groups in total. The van der Waals surface area contributed by atoms with Gasteiger partial charge in [-0.05, 0) is 57.5 Å². The number of hydrogen-bond donors (Lipinski definition) is 2. The molecule has 1 heterocycles. The predicted molar refractivity (Wildman–Crippen MR) is 127 cm³/mol. The first-order chi connectivity index (χ1) is 15.7. The predicted octanol–water partition coefficient (Wildman–Crippen LogP) is 3.94. The first-order valence-corrected chi connectivity index (χ1v) is 12.7. The molecule has 0 aliphatic carbocycles. The van der Waals surface area contributed by atoms with Crippen molar-refractivity contribution in [2.45, 2.75) is 38.1 Å². The number of aryl methyl sites for hydroxylation is 1. The Morgan fingerprint density at radius 2 is 1.79 bits per heavy atom. The van der Waals surface area contributed by atoms with E-state index in [1.807, 2.05) is 26.8 Å². The molecule has 0 saturated heterocycles. The smallest absolute Gasteiger partial charge is 0.270 e. The Kier molecular flexibility index (Phi) is 8.01. The van der Waals surface area contributed by atoms with E-state index in [0.29, 0.717) is 35.8 Å². The third kappa shape index (κ3) is 6.28. The average Bonchev–Trinajstić information content (AvgIpc) is 3.24. The first-order valence-electron chi connectivity index (χ1n) is 10.4. The highest BCUT2D eigenvalue weighted by atomic mass is 32.2. The Labute approximate surface area is 197 Å². The molecule has 0 spiro atoms. The molecule has 0 aliphatic rings. The first kappa shape index (κ1) is 24.6. The van der Waals surface area contributed by atoms with Crippen LogP contribution in [0.4, 0.5) is 5.13 Å². The van der Waals surface area contributed by atoms with Gasteiger partial charge in [-0.1, -0.05) is 35.1 Å². The van der Waals surface area contributed by atoms with E-state index in [1.165, 1.54) is 0 Å². The topological polar surface area (TPSA) is 120 Å². The molecule has 33 heavy (non-hydrogen) atoms. The summed E-state index contributed by atoms with van der Waals surface area (Å²) in [5.41, 5.74) is 2.08. The van der Waals surface area contributed by atoms with Gasteiger partial charge in [0.05, 0.1) is 13.2 Å². The maximum Gasteiger partial charge on any atom is 0.270 e. The lowest BCUT2D eigenvalue weighted by Gasteiger charge is -2.16. The van der Waals surface area contributed by atoms with Gasteiger partial charge < -0.3 is 9.47 Å². The standard InChI is InChI=1S/C22H26N4O5S2/c1-5-30-18-11-10-16(13-19(18)31-6-2)15(4)26-33(28,29)22-25-24-21(32-22)23-20(27)17-9-7-8-14(3)12-17/h7-13,15,26H,5-6H2,1-4H3,(H,23,24,27). The molecule has 9 nitrogen and oxygen atoms in total. The van der Waals surface area contributed by atoms with Crippen LogP contribution in [0.15, 0.2) is 46.8 Å². The van der Waals surface area contributed by atoms with E-state index in [1.54, 1.807) is 43.3 Å². The van der Waals surface area contributed by atoms with Gasteiger partial charge in [-0.25, -0.2) is 13.1 Å². The second kappa shape index (κ2) is 10.7. The second-order valence-corrected chi connectivity index (χ2v) is 9.98. The summed E-state index contributed by atoms with van der Waals surface area (Å²) in [6, 6.07) is 11.7. The summed E-state index contributed by atoms with van der Waals surface area (Å²) in [4.78, 5) is 12.4. The maximum absolute atomic E-state index is 12.8. The fourth-order valence-corrected chi connectivity index (χ4v) is 5.16. The van der Waals surface area contributed by atoms with Crippen LogP contribution in [0.5, 0.6) is 11.5 Å². The Balaban J connectivity index is 1.72. The van der Waals surface area contributed by atoms with Gasteiger partial charge in [0, 0.05) is 11.6 Å². The number of anilines is 1. The van der Waals surface area contributed by atoms with E-state index in [9.17, 15) is 13.2 Å². The number of nitrogens with zero attached hydrogens (tertiary/aromatic N) is 2. The van der Waals surface area contributed by atoms with Gasteiger partial charge >= 0.3 is 0 Å². The van der Waals surface area contributed by atoms with E-state index in [0.717, 1.165) is 16.9 Å². The number of carbonyl (C=O) groups excluding carboxylic acids is 1. The van der Waals surface area contributed by atoms with Crippen molar-refractivity contribution in [3.63, 3.8) is 0 Å². The van der Waals surface area contributed by atoms with Gasteiger partial charge in [0.1, 0.15) is 0 Å². The van der Waals surface area contributed by atoms with Crippen LogP contribution in [0.25, 0.3) is 0 Å². The van der Waals surface area contributed by atoms with Crippen molar-refractivity contribution >= 4 is 32.4 Å². The molecule has 11 heteroatoms. The van der Waals surface area contributed by atoms with Crippen molar-refractivity contribution in [1.29, 1.82) is 0 Å². The third-order valence-electron chi connectivity index (χ3n) is 4.54. The fourth-order valence-electron chi connectivity index (χ4n) is 3.01. The summed E-state index contributed by atoms with van der Waals surface area (Å²) in [5, 5.41) is 10.2. The minimum absolute atomic E-state index is 0.0919. The van der Waals surface area contributed by atoms with Crippen molar-refractivity contribution in [3.8, 4) is 11.5 Å². The van der Waals surface area contributed by atoms with Crippen LogP contribution in [0, 0.1) is 6.92 Å². The quantitative estimate of drug-likeness (QED) is 0.413. The van der Waals surface area contributed by atoms with Gasteiger partial charge in [0.25, 0.3) is 15.9 Å². The summed E-state index contributed by atoms with van der Waals surface area (Å²) in [6.07, 6.45) is 0. The second-order valence-electron chi connectivity index (χ2n) is 7.11. The summed E-state index contributed by atoms with van der Waals surface area (Å²) < 4.78 is 39.2. The molecule has 0 bridgehead atoms. The number of ether oxygens (including phenoxy) is 2. The number of rotatable bonds is 10. The highest BCUT2D eigenvalue weighted by Crippen LogP contribution is 2.31. The summed E-state index contributed by atoms with van der Waals surface area (Å²) >= 11 is 0.775. The van der Waals surface area contributed by atoms with Crippen LogP contribution in [-0.2, 0) is 10.0 Å². The molecule has 0 fully saturated rings. The summed E-state index contributed by atoms with van der Waals surface area (Å²) in [6.45, 7) is 8.26. The van der Waals surface area contributed by atoms with E-state index < -0.39 is 22.0 Å². The molecule has 0 radical (unpaired) electrons. The Hall–Kier alpha value is -3.02. The van der Waals surface area contributed by atoms with Crippen molar-refractivity contribution in [1.82, 2.24) is 14.9 Å². The molecular weight excluding hydrogens is 464 g/mol. The maximum atomic E-state index is 12.8. The third-order valence-corrected chi connectivity index (χ3v) is 7.28. The van der Waals surface area contributed by atoms with Crippen LogP contribution in [0.3, 0.4) is 0 Å². The van der Waals surface area contributed by atoms with Crippen molar-refractivity contribution < 1.29 is 22.7 Å². The minimum Gasteiger partial charge on any atom is -0.490 e. The molecule has 1 amide bonds. The molecule has 0 saturated carbocycles. The number of carbonyl (C=O) groups is 1. The van der Waals surface area contributed by atoms with E-state index >= 15 is 0 Å². The van der Waals surface area contributed by atoms with Crippen molar-refractivity contribution in [2.75, 3.05) is 18.5 Å². The van der Waals surface area contributed by atoms with E-state index in [2.05, 4.69) is 20.2 Å². The minimum atomic E-state index is -3.97. The zero-order valence-electron chi connectivity index (χ0n) is 18.8. The zero-order chi connectivity index (χ0) is 24.0. The molecule has 1 unspecified atom stereocenters. The number of amides is 1. The van der Waals surface area contributed by atoms with Gasteiger partial charge in [0.2, 0.25) is 9.47 Å². The number of nitrogens with one attached hydrogen (secondary N) is 2. The Bertz CT molecular complexity index is 1230. The van der Waals surface area contributed by atoms with Crippen LogP contribution >= 0.6 is 11.3 Å². The normalized spacial score (nSPS) is 12.2. The van der Waals surface area contributed by atoms with Gasteiger partial charge in [-0.3, -0.25) is 10.1 Å². The lowest BCUT2D eigenvalue weighted by atomic mass is 10.1. The van der Waals surface area contributed by atoms with Gasteiger partial charge in [-0.15, -0.1) is 10.2 Å². The van der Waals surface area contributed by atoms with E-state index in [4.69, 9.17) is 9.47 Å². The molecule has 3 aromatic rings. The van der Waals surface area contributed by atoms with Crippen molar-refractivity contribution in [3.05, 3.63) is 59.2 Å². The van der Waals surface area contributed by atoms with Gasteiger partial charge in [-0.2, -0.15) is 0 Å². The van der Waals surface area contributed by atoms with Crippen LogP contribution < -0.4 is 19.5 Å². The molecular formula is C22H26N4O5S2. The Morgan fingerprint density at radius 1 is 1.06 bits per heavy atom. The lowest BCUT2D eigenvalue weighted by Crippen LogP contribution is -2.26. The lowest BCUT2D eigenvalue weighted by molar-refractivity contribution is 0.102. The molecule has 1 atom stereocenters. The summed E-state index contributed by atoms with van der Waals surface area (Å²) in [7, 11) is -3.97.